The maximum atomic E-state index is 9.01. The van der Waals surface area contributed by atoms with Crippen molar-refractivity contribution in [1.29, 1.82) is 0 Å². The zero-order valence-electron chi connectivity index (χ0n) is 12.4. The summed E-state index contributed by atoms with van der Waals surface area (Å²) in [5.74, 6) is 0.890. The highest BCUT2D eigenvalue weighted by molar-refractivity contribution is 6.05. The number of rotatable bonds is 6. The molecule has 1 N–H and O–H groups in total. The van der Waals surface area contributed by atoms with E-state index in [-0.39, 0.29) is 6.61 Å². The number of aliphatic hydroxyl groups is 1. The van der Waals surface area contributed by atoms with Gasteiger partial charge in [-0.25, -0.2) is 9.97 Å². The Labute approximate surface area is 128 Å². The molecule has 114 valence electrons. The molecule has 0 radical (unpaired) electrons. The van der Waals surface area contributed by atoms with E-state index in [2.05, 4.69) is 14.9 Å². The van der Waals surface area contributed by atoms with Crippen LogP contribution < -0.4 is 4.90 Å². The third-order valence-electron chi connectivity index (χ3n) is 4.21. The molecular weight excluding hydrogens is 278 g/mol. The second kappa shape index (κ2) is 5.57. The fourth-order valence-corrected chi connectivity index (χ4v) is 2.96. The van der Waals surface area contributed by atoms with Gasteiger partial charge in [0.1, 0.15) is 17.4 Å². The lowest BCUT2D eigenvalue weighted by atomic mass is 10.2. The summed E-state index contributed by atoms with van der Waals surface area (Å²) in [5.41, 5.74) is 2.51. The molecule has 2 heterocycles. The van der Waals surface area contributed by atoms with Gasteiger partial charge in [-0.3, -0.25) is 0 Å². The van der Waals surface area contributed by atoms with Gasteiger partial charge in [-0.05, 0) is 37.8 Å². The smallest absolute Gasteiger partial charge is 0.196 e. The quantitative estimate of drug-likeness (QED) is 0.708. The van der Waals surface area contributed by atoms with Crippen LogP contribution in [0.4, 0.5) is 5.82 Å². The Morgan fingerprint density at radius 3 is 2.86 bits per heavy atom. The monoisotopic (exact) mass is 297 g/mol. The molecule has 1 aromatic carbocycles. The summed E-state index contributed by atoms with van der Waals surface area (Å²) in [5, 5.41) is 10.0. The molecule has 0 atom stereocenters. The van der Waals surface area contributed by atoms with Crippen molar-refractivity contribution in [3.8, 4) is 0 Å². The zero-order chi connectivity index (χ0) is 14.9. The number of hydrogen-bond acceptors (Lipinski definition) is 5. The fourth-order valence-electron chi connectivity index (χ4n) is 2.96. The van der Waals surface area contributed by atoms with Gasteiger partial charge in [0.2, 0.25) is 0 Å². The van der Waals surface area contributed by atoms with Crippen molar-refractivity contribution in [3.63, 3.8) is 0 Å². The number of hydrogen-bond donors (Lipinski definition) is 1. The molecule has 22 heavy (non-hydrogen) atoms. The summed E-state index contributed by atoms with van der Waals surface area (Å²) in [6.45, 7) is 1.14. The van der Waals surface area contributed by atoms with Gasteiger partial charge in [0.15, 0.2) is 11.4 Å². The van der Waals surface area contributed by atoms with E-state index in [0.717, 1.165) is 47.3 Å². The molecule has 3 aromatic rings. The second-order valence-electron chi connectivity index (χ2n) is 5.83. The van der Waals surface area contributed by atoms with E-state index in [0.29, 0.717) is 6.04 Å². The number of para-hydroxylation sites is 1. The first kappa shape index (κ1) is 13.5. The topological polar surface area (TPSA) is 62.4 Å². The molecule has 1 saturated carbocycles. The Hall–Kier alpha value is -2.14. The Bertz CT molecular complexity index is 795. The van der Waals surface area contributed by atoms with Crippen molar-refractivity contribution in [2.24, 2.45) is 0 Å². The predicted octanol–water partition coefficient (Wildman–Crippen LogP) is 3.12. The van der Waals surface area contributed by atoms with Crippen molar-refractivity contribution >= 4 is 27.9 Å². The predicted molar refractivity (Wildman–Crippen MR) is 86.0 cm³/mol. The summed E-state index contributed by atoms with van der Waals surface area (Å²) in [4.78, 5) is 11.2. The molecule has 0 bridgehead atoms. The van der Waals surface area contributed by atoms with Gasteiger partial charge in [0.05, 0.1) is 0 Å². The molecule has 0 aliphatic heterocycles. The lowest BCUT2D eigenvalue weighted by molar-refractivity contribution is 0.285. The van der Waals surface area contributed by atoms with Crippen molar-refractivity contribution in [1.82, 2.24) is 9.97 Å². The third-order valence-corrected chi connectivity index (χ3v) is 4.21. The standard InChI is InChI=1S/C17H19N3O2/c21-10-4-3-9-20(12-7-8-12)17-16-15(18-11-19-17)13-5-1-2-6-14(13)22-16/h1-2,5-6,11-12,21H,3-4,7-10H2. The molecule has 0 spiro atoms. The summed E-state index contributed by atoms with van der Waals surface area (Å²) >= 11 is 0. The molecule has 4 rings (SSSR count). The molecule has 0 unspecified atom stereocenters. The summed E-state index contributed by atoms with van der Waals surface area (Å²) in [6.07, 6.45) is 5.80. The molecule has 5 heteroatoms. The first-order valence-corrected chi connectivity index (χ1v) is 7.88. The minimum Gasteiger partial charge on any atom is -0.450 e. The molecule has 1 aliphatic carbocycles. The van der Waals surface area contributed by atoms with Crippen LogP contribution in [0.3, 0.4) is 0 Å². The van der Waals surface area contributed by atoms with Gasteiger partial charge in [-0.2, -0.15) is 0 Å². The Morgan fingerprint density at radius 1 is 1.18 bits per heavy atom. The van der Waals surface area contributed by atoms with Gasteiger partial charge < -0.3 is 14.4 Å². The highest BCUT2D eigenvalue weighted by atomic mass is 16.3. The van der Waals surface area contributed by atoms with E-state index in [9.17, 15) is 0 Å². The molecule has 5 nitrogen and oxygen atoms in total. The van der Waals surface area contributed by atoms with Crippen LogP contribution in [-0.2, 0) is 0 Å². The van der Waals surface area contributed by atoms with Gasteiger partial charge in [-0.15, -0.1) is 0 Å². The van der Waals surface area contributed by atoms with Crippen LogP contribution in [0.5, 0.6) is 0 Å². The van der Waals surface area contributed by atoms with Crippen LogP contribution in [0.25, 0.3) is 22.1 Å². The van der Waals surface area contributed by atoms with Crippen molar-refractivity contribution < 1.29 is 9.52 Å². The maximum Gasteiger partial charge on any atom is 0.196 e. The Kier molecular flexibility index (Phi) is 3.42. The van der Waals surface area contributed by atoms with E-state index in [1.807, 2.05) is 24.3 Å². The van der Waals surface area contributed by atoms with Crippen LogP contribution in [-0.4, -0.2) is 34.3 Å². The lowest BCUT2D eigenvalue weighted by Gasteiger charge is -2.23. The lowest BCUT2D eigenvalue weighted by Crippen LogP contribution is -2.28. The molecule has 2 aromatic heterocycles. The van der Waals surface area contributed by atoms with Crippen molar-refractivity contribution in [2.45, 2.75) is 31.7 Å². The first-order valence-electron chi connectivity index (χ1n) is 7.88. The van der Waals surface area contributed by atoms with Crippen LogP contribution in [0, 0.1) is 0 Å². The van der Waals surface area contributed by atoms with Crippen molar-refractivity contribution in [2.75, 3.05) is 18.1 Å². The Morgan fingerprint density at radius 2 is 2.05 bits per heavy atom. The summed E-state index contributed by atoms with van der Waals surface area (Å²) in [7, 11) is 0. The third kappa shape index (κ3) is 2.31. The number of anilines is 1. The van der Waals surface area contributed by atoms with Crippen LogP contribution in [0.2, 0.25) is 0 Å². The SMILES string of the molecule is OCCCCN(c1ncnc2c1oc1ccccc12)C1CC1. The van der Waals surface area contributed by atoms with Crippen LogP contribution in [0.1, 0.15) is 25.7 Å². The van der Waals surface area contributed by atoms with Gasteiger partial charge >= 0.3 is 0 Å². The number of aliphatic hydroxyl groups excluding tert-OH is 1. The highest BCUT2D eigenvalue weighted by Crippen LogP contribution is 2.37. The van der Waals surface area contributed by atoms with Gasteiger partial charge in [0, 0.05) is 24.6 Å². The van der Waals surface area contributed by atoms with Crippen LogP contribution in [0.15, 0.2) is 35.0 Å². The number of furan rings is 1. The summed E-state index contributed by atoms with van der Waals surface area (Å²) < 4.78 is 6.03. The molecular formula is C17H19N3O2. The summed E-state index contributed by atoms with van der Waals surface area (Å²) in [6, 6.07) is 8.51. The largest absolute Gasteiger partial charge is 0.450 e. The molecule has 0 saturated heterocycles. The van der Waals surface area contributed by atoms with E-state index in [4.69, 9.17) is 9.52 Å². The zero-order valence-corrected chi connectivity index (χ0v) is 12.4. The average Bonchev–Trinajstić information content (AvgIpc) is 3.31. The number of aromatic nitrogens is 2. The van der Waals surface area contributed by atoms with E-state index >= 15 is 0 Å². The minimum absolute atomic E-state index is 0.238. The Balaban J connectivity index is 1.79. The van der Waals surface area contributed by atoms with Crippen LogP contribution >= 0.6 is 0 Å². The van der Waals surface area contributed by atoms with Gasteiger partial charge in [0.25, 0.3) is 0 Å². The van der Waals surface area contributed by atoms with E-state index < -0.39 is 0 Å². The van der Waals surface area contributed by atoms with E-state index in [1.165, 1.54) is 12.8 Å². The number of benzene rings is 1. The minimum atomic E-state index is 0.238. The van der Waals surface area contributed by atoms with E-state index in [1.54, 1.807) is 6.33 Å². The normalized spacial score (nSPS) is 14.8. The molecule has 1 aliphatic rings. The average molecular weight is 297 g/mol. The fraction of sp³-hybridized carbons (Fsp3) is 0.412. The maximum absolute atomic E-state index is 9.01. The highest BCUT2D eigenvalue weighted by Gasteiger charge is 2.31. The second-order valence-corrected chi connectivity index (χ2v) is 5.83. The number of fused-ring (bicyclic) bond motifs is 3. The van der Waals surface area contributed by atoms with Gasteiger partial charge in [-0.1, -0.05) is 12.1 Å². The molecule has 1 fully saturated rings. The number of unbranched alkanes of at least 4 members (excludes halogenated alkanes) is 1. The first-order chi connectivity index (χ1) is 10.9. The molecule has 0 amide bonds. The number of nitrogens with zero attached hydrogens (tertiary/aromatic N) is 3. The van der Waals surface area contributed by atoms with Crippen molar-refractivity contribution in [3.05, 3.63) is 30.6 Å².